The van der Waals surface area contributed by atoms with E-state index in [1.165, 1.54) is 20.2 Å². The van der Waals surface area contributed by atoms with Crippen LogP contribution in [0.15, 0.2) is 27.6 Å². The molecule has 0 aliphatic carbocycles. The lowest BCUT2D eigenvalue weighted by molar-refractivity contribution is 0.0792. The molecule has 0 radical (unpaired) electrons. The Morgan fingerprint density at radius 3 is 2.40 bits per heavy atom. The van der Waals surface area contributed by atoms with E-state index in [-0.39, 0.29) is 10.8 Å². The molecule has 0 aromatic heterocycles. The molecule has 7 heteroatoms. The molecule has 2 rings (SSSR count). The number of carbonyl (C=O) groups excluding carboxylic acids is 1. The number of benzene rings is 1. The van der Waals surface area contributed by atoms with Gasteiger partial charge in [0.15, 0.2) is 0 Å². The van der Waals surface area contributed by atoms with E-state index in [4.69, 9.17) is 0 Å². The zero-order valence-electron chi connectivity index (χ0n) is 11.5. The van der Waals surface area contributed by atoms with E-state index in [1.54, 1.807) is 17.0 Å². The highest BCUT2D eigenvalue weighted by molar-refractivity contribution is 9.10. The molecule has 0 spiro atoms. The number of hydrogen-bond donors (Lipinski definition) is 0. The highest BCUT2D eigenvalue weighted by atomic mass is 79.9. The average Bonchev–Trinajstić information content (AvgIpc) is 2.91. The number of likely N-dealkylation sites (tertiary alicyclic amines) is 1. The van der Waals surface area contributed by atoms with E-state index >= 15 is 0 Å². The molecule has 20 heavy (non-hydrogen) atoms. The van der Waals surface area contributed by atoms with Gasteiger partial charge in [-0.05, 0) is 47.0 Å². The first-order chi connectivity index (χ1) is 9.34. The van der Waals surface area contributed by atoms with Gasteiger partial charge in [0.25, 0.3) is 5.91 Å². The van der Waals surface area contributed by atoms with Crippen molar-refractivity contribution in [1.82, 2.24) is 9.21 Å². The number of sulfonamides is 1. The van der Waals surface area contributed by atoms with Gasteiger partial charge in [0.1, 0.15) is 0 Å². The fourth-order valence-corrected chi connectivity index (χ4v) is 3.98. The molecule has 1 saturated heterocycles. The molecule has 0 N–H and O–H groups in total. The second-order valence-electron chi connectivity index (χ2n) is 4.93. The fourth-order valence-electron chi connectivity index (χ4n) is 2.13. The maximum absolute atomic E-state index is 12.3. The van der Waals surface area contributed by atoms with Gasteiger partial charge in [-0.15, -0.1) is 0 Å². The van der Waals surface area contributed by atoms with Gasteiger partial charge in [0.2, 0.25) is 10.0 Å². The molecule has 1 aromatic carbocycles. The third-order valence-corrected chi connectivity index (χ3v) is 6.14. The van der Waals surface area contributed by atoms with Crippen LogP contribution < -0.4 is 0 Å². The Labute approximate surface area is 127 Å². The molecule has 1 aromatic rings. The monoisotopic (exact) mass is 360 g/mol. The Hall–Kier alpha value is -0.920. The van der Waals surface area contributed by atoms with Gasteiger partial charge in [-0.1, -0.05) is 0 Å². The van der Waals surface area contributed by atoms with E-state index in [2.05, 4.69) is 15.9 Å². The van der Waals surface area contributed by atoms with Crippen molar-refractivity contribution < 1.29 is 13.2 Å². The van der Waals surface area contributed by atoms with Crippen LogP contribution in [0.1, 0.15) is 23.2 Å². The third-order valence-electron chi connectivity index (χ3n) is 3.33. The molecule has 0 unspecified atom stereocenters. The maximum atomic E-state index is 12.3. The van der Waals surface area contributed by atoms with Gasteiger partial charge < -0.3 is 4.90 Å². The highest BCUT2D eigenvalue weighted by Crippen LogP contribution is 2.26. The Bertz CT molecular complexity index is 623. The van der Waals surface area contributed by atoms with E-state index in [9.17, 15) is 13.2 Å². The molecule has 110 valence electrons. The number of hydrogen-bond acceptors (Lipinski definition) is 3. The summed E-state index contributed by atoms with van der Waals surface area (Å²) in [6.45, 7) is 1.48. The van der Waals surface area contributed by atoms with Crippen LogP contribution in [0.4, 0.5) is 0 Å². The van der Waals surface area contributed by atoms with Crippen LogP contribution in [0.2, 0.25) is 0 Å². The normalized spacial score (nSPS) is 15.9. The van der Waals surface area contributed by atoms with Gasteiger partial charge >= 0.3 is 0 Å². The number of amides is 1. The summed E-state index contributed by atoms with van der Waals surface area (Å²) in [7, 11) is -0.633. The van der Waals surface area contributed by atoms with Gasteiger partial charge in [-0.3, -0.25) is 4.79 Å². The maximum Gasteiger partial charge on any atom is 0.253 e. The molecular formula is C13H17BrN2O3S. The lowest BCUT2D eigenvalue weighted by Crippen LogP contribution is -2.28. The summed E-state index contributed by atoms with van der Waals surface area (Å²) in [5, 5.41) is 0. The minimum absolute atomic E-state index is 0.106. The van der Waals surface area contributed by atoms with E-state index in [0.717, 1.165) is 30.2 Å². The standard InChI is InChI=1S/C13H17BrN2O3S/c1-15(2)20(18,19)12-9-10(5-6-11(12)14)13(17)16-7-3-4-8-16/h5-6,9H,3-4,7-8H2,1-2H3. The number of halogens is 1. The summed E-state index contributed by atoms with van der Waals surface area (Å²) in [4.78, 5) is 14.2. The van der Waals surface area contributed by atoms with Crippen LogP contribution in [0.5, 0.6) is 0 Å². The lowest BCUT2D eigenvalue weighted by atomic mass is 10.2. The zero-order valence-corrected chi connectivity index (χ0v) is 13.9. The number of rotatable bonds is 3. The van der Waals surface area contributed by atoms with Crippen molar-refractivity contribution in [3.63, 3.8) is 0 Å². The Morgan fingerprint density at radius 2 is 1.85 bits per heavy atom. The lowest BCUT2D eigenvalue weighted by Gasteiger charge is -2.17. The van der Waals surface area contributed by atoms with Crippen molar-refractivity contribution in [2.45, 2.75) is 17.7 Å². The van der Waals surface area contributed by atoms with Crippen molar-refractivity contribution in [3.05, 3.63) is 28.2 Å². The second-order valence-corrected chi connectivity index (χ2v) is 7.91. The van der Waals surface area contributed by atoms with Crippen LogP contribution in [-0.4, -0.2) is 50.7 Å². The molecule has 0 saturated carbocycles. The second kappa shape index (κ2) is 5.83. The van der Waals surface area contributed by atoms with Crippen molar-refractivity contribution >= 4 is 31.9 Å². The summed E-state index contributed by atoms with van der Waals surface area (Å²) in [6, 6.07) is 4.71. The Kier molecular flexibility index (Phi) is 4.51. The first kappa shape index (κ1) is 15.5. The van der Waals surface area contributed by atoms with Crippen LogP contribution in [0, 0.1) is 0 Å². The van der Waals surface area contributed by atoms with Crippen LogP contribution >= 0.6 is 15.9 Å². The molecule has 1 amide bonds. The van der Waals surface area contributed by atoms with Crippen molar-refractivity contribution in [1.29, 1.82) is 0 Å². The molecule has 0 atom stereocenters. The van der Waals surface area contributed by atoms with Gasteiger partial charge in [0.05, 0.1) is 4.90 Å². The summed E-state index contributed by atoms with van der Waals surface area (Å²) < 4.78 is 26.0. The minimum Gasteiger partial charge on any atom is -0.339 e. The number of carbonyl (C=O) groups is 1. The van der Waals surface area contributed by atoms with Crippen LogP contribution in [-0.2, 0) is 10.0 Å². The zero-order chi connectivity index (χ0) is 14.9. The molecule has 1 aliphatic rings. The summed E-state index contributed by atoms with van der Waals surface area (Å²) in [5.74, 6) is -0.106. The van der Waals surface area contributed by atoms with Crippen LogP contribution in [0.3, 0.4) is 0 Å². The molecule has 1 fully saturated rings. The SMILES string of the molecule is CN(C)S(=O)(=O)c1cc(C(=O)N2CCCC2)ccc1Br. The predicted octanol–water partition coefficient (Wildman–Crippen LogP) is 1.94. The summed E-state index contributed by atoms with van der Waals surface area (Å²) in [6.07, 6.45) is 2.01. The smallest absolute Gasteiger partial charge is 0.253 e. The average molecular weight is 361 g/mol. The Balaban J connectivity index is 2.41. The predicted molar refractivity (Wildman–Crippen MR) is 80.2 cm³/mol. The van der Waals surface area contributed by atoms with E-state index in [1.807, 2.05) is 0 Å². The minimum atomic E-state index is -3.57. The molecule has 1 heterocycles. The first-order valence-corrected chi connectivity index (χ1v) is 8.58. The fraction of sp³-hybridized carbons (Fsp3) is 0.462. The highest BCUT2D eigenvalue weighted by Gasteiger charge is 2.24. The van der Waals surface area contributed by atoms with Crippen LogP contribution in [0.25, 0.3) is 0 Å². The molecule has 1 aliphatic heterocycles. The van der Waals surface area contributed by atoms with E-state index in [0.29, 0.717) is 10.0 Å². The van der Waals surface area contributed by atoms with Crippen molar-refractivity contribution in [2.24, 2.45) is 0 Å². The van der Waals surface area contributed by atoms with Gasteiger partial charge in [-0.2, -0.15) is 0 Å². The summed E-state index contributed by atoms with van der Waals surface area (Å²) >= 11 is 3.24. The first-order valence-electron chi connectivity index (χ1n) is 6.35. The molecule has 5 nitrogen and oxygen atoms in total. The third kappa shape index (κ3) is 2.89. The Morgan fingerprint density at radius 1 is 1.25 bits per heavy atom. The van der Waals surface area contributed by atoms with Gasteiger partial charge in [-0.25, -0.2) is 12.7 Å². The largest absolute Gasteiger partial charge is 0.339 e. The topological polar surface area (TPSA) is 57.7 Å². The molecular weight excluding hydrogens is 344 g/mol. The van der Waals surface area contributed by atoms with Gasteiger partial charge in [0, 0.05) is 37.2 Å². The molecule has 0 bridgehead atoms. The summed E-state index contributed by atoms with van der Waals surface area (Å²) in [5.41, 5.74) is 0.413. The van der Waals surface area contributed by atoms with E-state index < -0.39 is 10.0 Å². The van der Waals surface area contributed by atoms with Crippen molar-refractivity contribution in [2.75, 3.05) is 27.2 Å². The van der Waals surface area contributed by atoms with Crippen molar-refractivity contribution in [3.8, 4) is 0 Å². The quantitative estimate of drug-likeness (QED) is 0.827. The number of nitrogens with zero attached hydrogens (tertiary/aromatic N) is 2.